The summed E-state index contributed by atoms with van der Waals surface area (Å²) < 4.78 is 25.8. The van der Waals surface area contributed by atoms with Crippen LogP contribution in [0, 0.1) is 10.1 Å². The first-order valence-electron chi connectivity index (χ1n) is 5.07. The Morgan fingerprint density at radius 1 is 1.42 bits per heavy atom. The van der Waals surface area contributed by atoms with E-state index in [0.29, 0.717) is 0 Å². The molecule has 0 atom stereocenters. The van der Waals surface area contributed by atoms with Crippen molar-refractivity contribution in [1.29, 1.82) is 0 Å². The minimum absolute atomic E-state index is 0.0110. The van der Waals surface area contributed by atoms with Crippen LogP contribution < -0.4 is 10.3 Å². The predicted molar refractivity (Wildman–Crippen MR) is 65.2 cm³/mol. The second kappa shape index (κ2) is 3.51. The molecule has 0 radical (unpaired) electrons. The summed E-state index contributed by atoms with van der Waals surface area (Å²) in [7, 11) is -3.62. The molecule has 2 aromatic rings. The van der Waals surface area contributed by atoms with Crippen molar-refractivity contribution >= 4 is 32.6 Å². The van der Waals surface area contributed by atoms with Gasteiger partial charge in [0.15, 0.2) is 5.88 Å². The van der Waals surface area contributed by atoms with E-state index >= 15 is 0 Å². The lowest BCUT2D eigenvalue weighted by Crippen LogP contribution is -2.19. The highest BCUT2D eigenvalue weighted by Gasteiger charge is 2.27. The van der Waals surface area contributed by atoms with Gasteiger partial charge in [0.2, 0.25) is 5.95 Å². The number of benzene rings is 1. The first kappa shape index (κ1) is 11.6. The fourth-order valence-corrected chi connectivity index (χ4v) is 2.94. The Balaban J connectivity index is 2.36. The summed E-state index contributed by atoms with van der Waals surface area (Å²) in [4.78, 5) is 26.1. The van der Waals surface area contributed by atoms with Gasteiger partial charge in [0.05, 0.1) is 15.8 Å². The molecule has 3 rings (SSSR count). The van der Waals surface area contributed by atoms with E-state index in [1.165, 1.54) is 12.1 Å². The van der Waals surface area contributed by atoms with Crippen molar-refractivity contribution < 1.29 is 13.3 Å². The molecular weight excluding hydrogens is 276 g/mol. The minimum atomic E-state index is -3.62. The standard InChI is InChI=1S/C9H6N4O5S/c14-8-6-3-5(13(15)16)1-2-7(6)10-9-11-19(17,18)4-12(8)9/h1-3H,4H2,(H,10,11). The van der Waals surface area contributed by atoms with Crippen molar-refractivity contribution in [2.24, 2.45) is 0 Å². The van der Waals surface area contributed by atoms with Gasteiger partial charge in [0.25, 0.3) is 21.3 Å². The van der Waals surface area contributed by atoms with Crippen LogP contribution in [0.15, 0.2) is 23.0 Å². The molecular formula is C9H6N4O5S. The van der Waals surface area contributed by atoms with Gasteiger partial charge in [-0.05, 0) is 6.07 Å². The zero-order valence-electron chi connectivity index (χ0n) is 9.23. The average Bonchev–Trinajstić information content (AvgIpc) is 2.64. The van der Waals surface area contributed by atoms with Gasteiger partial charge in [0, 0.05) is 12.1 Å². The lowest BCUT2D eigenvalue weighted by Gasteiger charge is -2.02. The third kappa shape index (κ3) is 1.73. The van der Waals surface area contributed by atoms with Crippen molar-refractivity contribution in [3.05, 3.63) is 38.7 Å². The molecule has 0 saturated carbocycles. The quantitative estimate of drug-likeness (QED) is 0.580. The molecule has 2 heterocycles. The molecule has 19 heavy (non-hydrogen) atoms. The number of nitrogens with one attached hydrogen (secondary N) is 1. The summed E-state index contributed by atoms with van der Waals surface area (Å²) in [5.74, 6) is -0.612. The molecule has 1 N–H and O–H groups in total. The number of hydrogen-bond acceptors (Lipinski definition) is 6. The summed E-state index contributed by atoms with van der Waals surface area (Å²) in [5, 5.41) is 10.7. The number of hydrogen-bond donors (Lipinski definition) is 1. The largest absolute Gasteiger partial charge is 0.270 e. The maximum atomic E-state index is 12.1. The maximum absolute atomic E-state index is 12.1. The van der Waals surface area contributed by atoms with E-state index in [0.717, 1.165) is 10.6 Å². The predicted octanol–water partition coefficient (Wildman–Crippen LogP) is 0.0175. The Bertz CT molecular complexity index is 885. The highest BCUT2D eigenvalue weighted by molar-refractivity contribution is 7.92. The van der Waals surface area contributed by atoms with Crippen LogP contribution in [0.2, 0.25) is 0 Å². The molecule has 0 unspecified atom stereocenters. The first-order valence-corrected chi connectivity index (χ1v) is 6.72. The van der Waals surface area contributed by atoms with Gasteiger partial charge in [-0.15, -0.1) is 0 Å². The summed E-state index contributed by atoms with van der Waals surface area (Å²) in [6, 6.07) is 3.60. The van der Waals surface area contributed by atoms with Crippen molar-refractivity contribution in [3.8, 4) is 0 Å². The number of aromatic nitrogens is 2. The SMILES string of the molecule is O=c1c2cc([N+](=O)[O-])ccc2nc2n1CS(=O)(=O)N2. The third-order valence-corrected chi connectivity index (χ3v) is 3.79. The van der Waals surface area contributed by atoms with E-state index in [1.54, 1.807) is 0 Å². The molecule has 1 aliphatic rings. The Morgan fingerprint density at radius 2 is 2.16 bits per heavy atom. The van der Waals surface area contributed by atoms with Gasteiger partial charge in [-0.1, -0.05) is 0 Å². The molecule has 98 valence electrons. The van der Waals surface area contributed by atoms with Crippen molar-refractivity contribution in [3.63, 3.8) is 0 Å². The molecule has 0 aliphatic carbocycles. The van der Waals surface area contributed by atoms with E-state index in [9.17, 15) is 23.3 Å². The normalized spacial score (nSPS) is 16.0. The summed E-state index contributed by atoms with van der Waals surface area (Å²) >= 11 is 0. The maximum Gasteiger partial charge on any atom is 0.270 e. The monoisotopic (exact) mass is 282 g/mol. The Morgan fingerprint density at radius 3 is 2.84 bits per heavy atom. The summed E-state index contributed by atoms with van der Waals surface area (Å²) in [5.41, 5.74) is -0.676. The van der Waals surface area contributed by atoms with E-state index in [2.05, 4.69) is 9.71 Å². The fraction of sp³-hybridized carbons (Fsp3) is 0.111. The molecule has 1 aliphatic heterocycles. The lowest BCUT2D eigenvalue weighted by molar-refractivity contribution is -0.384. The smallest absolute Gasteiger partial charge is 0.268 e. The topological polar surface area (TPSA) is 124 Å². The Hall–Kier alpha value is -2.49. The van der Waals surface area contributed by atoms with Crippen molar-refractivity contribution in [2.45, 2.75) is 5.88 Å². The number of sulfonamides is 1. The van der Waals surface area contributed by atoms with E-state index in [4.69, 9.17) is 0 Å². The lowest BCUT2D eigenvalue weighted by atomic mass is 10.2. The molecule has 1 aromatic carbocycles. The average molecular weight is 282 g/mol. The molecule has 10 heteroatoms. The first-order chi connectivity index (χ1) is 8.87. The van der Waals surface area contributed by atoms with Gasteiger partial charge in [-0.2, -0.15) is 0 Å². The minimum Gasteiger partial charge on any atom is -0.268 e. The van der Waals surface area contributed by atoms with Crippen LogP contribution >= 0.6 is 0 Å². The third-order valence-electron chi connectivity index (χ3n) is 2.69. The molecule has 0 amide bonds. The van der Waals surface area contributed by atoms with Crippen molar-refractivity contribution in [1.82, 2.24) is 9.55 Å². The Kier molecular flexibility index (Phi) is 2.14. The van der Waals surface area contributed by atoms with Gasteiger partial charge < -0.3 is 0 Å². The molecule has 0 fully saturated rings. The zero-order valence-corrected chi connectivity index (χ0v) is 10.0. The van der Waals surface area contributed by atoms with Crippen LogP contribution in [0.3, 0.4) is 0 Å². The molecule has 0 saturated heterocycles. The van der Waals surface area contributed by atoms with Crippen LogP contribution in [0.4, 0.5) is 11.6 Å². The number of fused-ring (bicyclic) bond motifs is 2. The number of nitro benzene ring substituents is 1. The fourth-order valence-electron chi connectivity index (χ4n) is 1.86. The second-order valence-electron chi connectivity index (χ2n) is 3.97. The molecule has 9 nitrogen and oxygen atoms in total. The number of non-ortho nitro benzene ring substituents is 1. The number of rotatable bonds is 1. The highest BCUT2D eigenvalue weighted by Crippen LogP contribution is 2.21. The zero-order chi connectivity index (χ0) is 13.8. The number of nitro groups is 1. The summed E-state index contributed by atoms with van der Waals surface area (Å²) in [6.07, 6.45) is 0. The van der Waals surface area contributed by atoms with Crippen LogP contribution in [-0.2, 0) is 15.9 Å². The van der Waals surface area contributed by atoms with E-state index < -0.39 is 26.4 Å². The van der Waals surface area contributed by atoms with Gasteiger partial charge in [-0.3, -0.25) is 24.2 Å². The second-order valence-corrected chi connectivity index (χ2v) is 5.66. The number of anilines is 1. The number of nitrogens with zero attached hydrogens (tertiary/aromatic N) is 3. The van der Waals surface area contributed by atoms with Crippen molar-refractivity contribution in [2.75, 3.05) is 4.72 Å². The Labute approximate surface area is 105 Å². The van der Waals surface area contributed by atoms with Crippen LogP contribution in [0.25, 0.3) is 10.9 Å². The highest BCUT2D eigenvalue weighted by atomic mass is 32.2. The molecule has 1 aromatic heterocycles. The van der Waals surface area contributed by atoms with Crippen LogP contribution in [0.1, 0.15) is 0 Å². The van der Waals surface area contributed by atoms with Gasteiger partial charge in [-0.25, -0.2) is 13.4 Å². The molecule has 0 spiro atoms. The molecule has 0 bridgehead atoms. The summed E-state index contributed by atoms with van der Waals surface area (Å²) in [6.45, 7) is 0. The van der Waals surface area contributed by atoms with E-state index in [-0.39, 0.29) is 22.5 Å². The van der Waals surface area contributed by atoms with E-state index in [1.807, 2.05) is 0 Å². The van der Waals surface area contributed by atoms with Crippen LogP contribution in [-0.4, -0.2) is 22.9 Å². The van der Waals surface area contributed by atoms with Crippen LogP contribution in [0.5, 0.6) is 0 Å². The van der Waals surface area contributed by atoms with Gasteiger partial charge in [0.1, 0.15) is 0 Å². The van der Waals surface area contributed by atoms with Gasteiger partial charge >= 0.3 is 0 Å².